The molecule has 0 amide bonds. The molecule has 1 aliphatic rings. The number of carbonyl (C=O) groups excluding carboxylic acids is 2. The lowest BCUT2D eigenvalue weighted by Crippen LogP contribution is -2.15. The Hall–Kier alpha value is -2.47. The molecule has 0 saturated carbocycles. The van der Waals surface area contributed by atoms with Gasteiger partial charge >= 0.3 is 5.97 Å². The van der Waals surface area contributed by atoms with E-state index < -0.39 is 9.84 Å². The van der Waals surface area contributed by atoms with E-state index in [1.165, 1.54) is 31.4 Å². The van der Waals surface area contributed by atoms with Gasteiger partial charge in [0, 0.05) is 17.4 Å². The van der Waals surface area contributed by atoms with Crippen molar-refractivity contribution in [3.05, 3.63) is 64.7 Å². The highest BCUT2D eigenvalue weighted by Gasteiger charge is 2.28. The maximum Gasteiger partial charge on any atom is 0.309 e. The van der Waals surface area contributed by atoms with Crippen molar-refractivity contribution in [3.63, 3.8) is 0 Å². The summed E-state index contributed by atoms with van der Waals surface area (Å²) in [5.74, 6) is -0.607. The zero-order chi connectivity index (χ0) is 18.2. The van der Waals surface area contributed by atoms with Crippen LogP contribution in [0.1, 0.15) is 27.0 Å². The molecule has 1 unspecified atom stereocenters. The molecule has 0 aliphatic heterocycles. The van der Waals surface area contributed by atoms with E-state index >= 15 is 0 Å². The maximum absolute atomic E-state index is 12.6. The standard InChI is InChI=1S/C19H18O5S/c1-24-19(21)16-9-13-3-4-14(10-15(13)11-16)18(20)12-5-7-17(8-6-12)25(2,22)23/h3-8,10,16H,9,11H2,1-2H3. The lowest BCUT2D eigenvalue weighted by molar-refractivity contribution is -0.145. The molecule has 25 heavy (non-hydrogen) atoms. The van der Waals surface area contributed by atoms with Gasteiger partial charge in [0.1, 0.15) is 0 Å². The molecule has 0 heterocycles. The van der Waals surface area contributed by atoms with Gasteiger partial charge < -0.3 is 4.74 Å². The molecule has 0 spiro atoms. The van der Waals surface area contributed by atoms with E-state index in [4.69, 9.17) is 4.74 Å². The second kappa shape index (κ2) is 6.44. The van der Waals surface area contributed by atoms with E-state index in [9.17, 15) is 18.0 Å². The van der Waals surface area contributed by atoms with Crippen molar-refractivity contribution < 1.29 is 22.7 Å². The van der Waals surface area contributed by atoms with E-state index in [2.05, 4.69) is 0 Å². The van der Waals surface area contributed by atoms with Crippen LogP contribution in [0.2, 0.25) is 0 Å². The predicted molar refractivity (Wildman–Crippen MR) is 92.3 cm³/mol. The second-order valence-electron chi connectivity index (χ2n) is 6.24. The molecule has 0 N–H and O–H groups in total. The maximum atomic E-state index is 12.6. The van der Waals surface area contributed by atoms with Crippen molar-refractivity contribution in [2.45, 2.75) is 17.7 Å². The van der Waals surface area contributed by atoms with Gasteiger partial charge in [-0.3, -0.25) is 9.59 Å². The van der Waals surface area contributed by atoms with E-state index in [-0.39, 0.29) is 22.6 Å². The third kappa shape index (κ3) is 3.49. The largest absolute Gasteiger partial charge is 0.469 e. The van der Waals surface area contributed by atoms with Gasteiger partial charge in [-0.25, -0.2) is 8.42 Å². The number of hydrogen-bond acceptors (Lipinski definition) is 5. The molecule has 0 radical (unpaired) electrons. The van der Waals surface area contributed by atoms with Crippen molar-refractivity contribution in [2.75, 3.05) is 13.4 Å². The third-order valence-electron chi connectivity index (χ3n) is 4.48. The Balaban J connectivity index is 1.84. The smallest absolute Gasteiger partial charge is 0.309 e. The predicted octanol–water partition coefficient (Wildman–Crippen LogP) is 2.21. The fourth-order valence-electron chi connectivity index (χ4n) is 3.11. The van der Waals surface area contributed by atoms with Crippen LogP contribution in [0.4, 0.5) is 0 Å². The number of hydrogen-bond donors (Lipinski definition) is 0. The first-order valence-corrected chi connectivity index (χ1v) is 9.73. The van der Waals surface area contributed by atoms with Crippen LogP contribution in [0, 0.1) is 5.92 Å². The molecule has 0 aromatic heterocycles. The number of ether oxygens (including phenoxy) is 1. The summed E-state index contributed by atoms with van der Waals surface area (Å²) in [5, 5.41) is 0. The highest BCUT2D eigenvalue weighted by molar-refractivity contribution is 7.90. The topological polar surface area (TPSA) is 77.5 Å². The van der Waals surface area contributed by atoms with Crippen molar-refractivity contribution in [2.24, 2.45) is 5.92 Å². The lowest BCUT2D eigenvalue weighted by Gasteiger charge is -2.05. The Labute approximate surface area is 146 Å². The zero-order valence-electron chi connectivity index (χ0n) is 14.0. The molecule has 0 fully saturated rings. The number of fused-ring (bicyclic) bond motifs is 1. The molecule has 0 saturated heterocycles. The van der Waals surface area contributed by atoms with Gasteiger partial charge in [0.05, 0.1) is 17.9 Å². The second-order valence-corrected chi connectivity index (χ2v) is 8.25. The quantitative estimate of drug-likeness (QED) is 0.619. The number of methoxy groups -OCH3 is 1. The highest BCUT2D eigenvalue weighted by atomic mass is 32.2. The first-order chi connectivity index (χ1) is 11.8. The fraction of sp³-hybridized carbons (Fsp3) is 0.263. The van der Waals surface area contributed by atoms with Gasteiger partial charge in [-0.1, -0.05) is 12.1 Å². The summed E-state index contributed by atoms with van der Waals surface area (Å²) in [5.41, 5.74) is 2.99. The van der Waals surface area contributed by atoms with Gasteiger partial charge in [-0.2, -0.15) is 0 Å². The van der Waals surface area contributed by atoms with E-state index in [1.807, 2.05) is 12.1 Å². The summed E-state index contributed by atoms with van der Waals surface area (Å²) in [6, 6.07) is 11.3. The van der Waals surface area contributed by atoms with Crippen molar-refractivity contribution in [1.29, 1.82) is 0 Å². The molecule has 0 bridgehead atoms. The number of benzene rings is 2. The van der Waals surface area contributed by atoms with Crippen LogP contribution in [-0.2, 0) is 32.2 Å². The minimum Gasteiger partial charge on any atom is -0.469 e. The summed E-state index contributed by atoms with van der Waals surface area (Å²) in [6.45, 7) is 0. The summed E-state index contributed by atoms with van der Waals surface area (Å²) in [6.07, 6.45) is 2.32. The number of ketones is 1. The normalized spacial score (nSPS) is 16.3. The summed E-state index contributed by atoms with van der Waals surface area (Å²) < 4.78 is 27.8. The Morgan fingerprint density at radius 2 is 1.56 bits per heavy atom. The van der Waals surface area contributed by atoms with Crippen LogP contribution in [0.3, 0.4) is 0 Å². The minimum atomic E-state index is -3.29. The number of sulfone groups is 1. The monoisotopic (exact) mass is 358 g/mol. The summed E-state index contributed by atoms with van der Waals surface area (Å²) in [7, 11) is -1.91. The number of rotatable bonds is 4. The molecule has 130 valence electrons. The van der Waals surface area contributed by atoms with E-state index in [0.717, 1.165) is 17.4 Å². The molecule has 1 aliphatic carbocycles. The van der Waals surface area contributed by atoms with E-state index in [1.54, 1.807) is 6.07 Å². The lowest BCUT2D eigenvalue weighted by atomic mass is 9.99. The van der Waals surface area contributed by atoms with Crippen LogP contribution >= 0.6 is 0 Å². The van der Waals surface area contributed by atoms with Gasteiger partial charge in [0.25, 0.3) is 0 Å². The zero-order valence-corrected chi connectivity index (χ0v) is 14.8. The van der Waals surface area contributed by atoms with Crippen molar-refractivity contribution in [3.8, 4) is 0 Å². The average molecular weight is 358 g/mol. The van der Waals surface area contributed by atoms with Gasteiger partial charge in [-0.15, -0.1) is 0 Å². The Kier molecular flexibility index (Phi) is 4.47. The Bertz CT molecular complexity index is 942. The van der Waals surface area contributed by atoms with Gasteiger partial charge in [0.2, 0.25) is 0 Å². The van der Waals surface area contributed by atoms with Crippen LogP contribution in [-0.4, -0.2) is 33.5 Å². The summed E-state index contributed by atoms with van der Waals surface area (Å²) >= 11 is 0. The van der Waals surface area contributed by atoms with Crippen molar-refractivity contribution >= 4 is 21.6 Å². The van der Waals surface area contributed by atoms with Gasteiger partial charge in [0.15, 0.2) is 15.6 Å². The summed E-state index contributed by atoms with van der Waals surface area (Å²) in [4.78, 5) is 24.5. The first kappa shape index (κ1) is 17.4. The Morgan fingerprint density at radius 1 is 0.960 bits per heavy atom. The SMILES string of the molecule is COC(=O)C1Cc2ccc(C(=O)c3ccc(S(C)(=O)=O)cc3)cc2C1. The number of esters is 1. The third-order valence-corrected chi connectivity index (χ3v) is 5.61. The molecule has 2 aromatic carbocycles. The molecular formula is C19H18O5S. The fourth-order valence-corrected chi connectivity index (χ4v) is 3.74. The van der Waals surface area contributed by atoms with E-state index in [0.29, 0.717) is 24.0 Å². The molecule has 6 heteroatoms. The Morgan fingerprint density at radius 3 is 2.16 bits per heavy atom. The first-order valence-electron chi connectivity index (χ1n) is 7.84. The van der Waals surface area contributed by atoms with Crippen LogP contribution in [0.15, 0.2) is 47.4 Å². The molecule has 2 aromatic rings. The minimum absolute atomic E-state index is 0.177. The average Bonchev–Trinajstić information content (AvgIpc) is 3.03. The van der Waals surface area contributed by atoms with Crippen LogP contribution in [0.25, 0.3) is 0 Å². The number of carbonyl (C=O) groups is 2. The highest BCUT2D eigenvalue weighted by Crippen LogP contribution is 2.29. The molecule has 5 nitrogen and oxygen atoms in total. The molecule has 1 atom stereocenters. The van der Waals surface area contributed by atoms with Crippen molar-refractivity contribution in [1.82, 2.24) is 0 Å². The van der Waals surface area contributed by atoms with Crippen LogP contribution < -0.4 is 0 Å². The van der Waals surface area contributed by atoms with Gasteiger partial charge in [-0.05, 0) is 54.3 Å². The van der Waals surface area contributed by atoms with Crippen LogP contribution in [0.5, 0.6) is 0 Å². The molecule has 3 rings (SSSR count). The molecular weight excluding hydrogens is 340 g/mol.